The average molecular weight is 293 g/mol. The molecule has 0 aliphatic heterocycles. The Bertz CT molecular complexity index is 624. The summed E-state index contributed by atoms with van der Waals surface area (Å²) in [5.74, 6) is 0.941. The van der Waals surface area contributed by atoms with E-state index in [1.807, 2.05) is 6.92 Å². The van der Waals surface area contributed by atoms with Crippen molar-refractivity contribution in [1.29, 1.82) is 0 Å². The van der Waals surface area contributed by atoms with Gasteiger partial charge in [0.1, 0.15) is 0 Å². The summed E-state index contributed by atoms with van der Waals surface area (Å²) in [7, 11) is 0. The molecule has 3 rings (SSSR count). The molecule has 1 aromatic carbocycles. The van der Waals surface area contributed by atoms with Crippen LogP contribution in [0.15, 0.2) is 28.7 Å². The van der Waals surface area contributed by atoms with Gasteiger partial charge in [0.25, 0.3) is 5.89 Å². The normalized spacial score (nSPS) is 20.7. The maximum Gasteiger partial charge on any atom is 0.309 e. The lowest BCUT2D eigenvalue weighted by atomic mass is 10.2. The summed E-state index contributed by atoms with van der Waals surface area (Å²) >= 11 is 5.81. The molecule has 20 heavy (non-hydrogen) atoms. The van der Waals surface area contributed by atoms with Crippen LogP contribution in [0.2, 0.25) is 5.02 Å². The zero-order chi connectivity index (χ0) is 14.1. The summed E-state index contributed by atoms with van der Waals surface area (Å²) < 4.78 is 10.6. The van der Waals surface area contributed by atoms with Crippen LogP contribution in [0, 0.1) is 11.8 Å². The summed E-state index contributed by atoms with van der Waals surface area (Å²) in [6.07, 6.45) is 0.901. The van der Waals surface area contributed by atoms with Gasteiger partial charge in [0.2, 0.25) is 5.89 Å². The Morgan fingerprint density at radius 2 is 2.10 bits per heavy atom. The Morgan fingerprint density at radius 3 is 2.75 bits per heavy atom. The molecule has 0 N–H and O–H groups in total. The van der Waals surface area contributed by atoms with E-state index >= 15 is 0 Å². The van der Waals surface area contributed by atoms with E-state index in [-0.39, 0.29) is 24.4 Å². The smallest absolute Gasteiger partial charge is 0.309 e. The number of ether oxygens (including phenoxy) is 1. The fourth-order valence-electron chi connectivity index (χ4n) is 1.91. The van der Waals surface area contributed by atoms with E-state index in [1.54, 1.807) is 24.3 Å². The first-order chi connectivity index (χ1) is 9.63. The highest BCUT2D eigenvalue weighted by atomic mass is 35.5. The predicted octanol–water partition coefficient (Wildman–Crippen LogP) is 3.09. The largest absolute Gasteiger partial charge is 0.455 e. The predicted molar refractivity (Wildman–Crippen MR) is 71.8 cm³/mol. The highest BCUT2D eigenvalue weighted by Gasteiger charge is 2.40. The number of hydrogen-bond donors (Lipinski definition) is 0. The van der Waals surface area contributed by atoms with Crippen LogP contribution in [-0.4, -0.2) is 16.2 Å². The summed E-state index contributed by atoms with van der Waals surface area (Å²) in [6.45, 7) is 2.04. The molecule has 104 valence electrons. The Kier molecular flexibility index (Phi) is 3.44. The minimum Gasteiger partial charge on any atom is -0.455 e. The van der Waals surface area contributed by atoms with E-state index in [4.69, 9.17) is 20.8 Å². The van der Waals surface area contributed by atoms with Crippen molar-refractivity contribution in [3.8, 4) is 11.5 Å². The van der Waals surface area contributed by atoms with Crippen LogP contribution >= 0.6 is 11.6 Å². The second-order valence-corrected chi connectivity index (χ2v) is 5.37. The second-order valence-electron chi connectivity index (χ2n) is 4.94. The molecule has 1 aromatic heterocycles. The fourth-order valence-corrected chi connectivity index (χ4v) is 2.04. The zero-order valence-electron chi connectivity index (χ0n) is 10.9. The van der Waals surface area contributed by atoms with Gasteiger partial charge in [-0.15, -0.1) is 10.2 Å². The van der Waals surface area contributed by atoms with Crippen molar-refractivity contribution in [3.63, 3.8) is 0 Å². The average Bonchev–Trinajstić information content (AvgIpc) is 3.00. The van der Waals surface area contributed by atoms with Gasteiger partial charge in [-0.1, -0.05) is 18.5 Å². The number of halogens is 1. The monoisotopic (exact) mass is 292 g/mol. The number of esters is 1. The molecule has 1 saturated carbocycles. The van der Waals surface area contributed by atoms with E-state index in [2.05, 4.69) is 10.2 Å². The molecule has 0 saturated heterocycles. The third-order valence-corrected chi connectivity index (χ3v) is 3.56. The van der Waals surface area contributed by atoms with E-state index in [0.29, 0.717) is 16.8 Å². The SMILES string of the molecule is C[C@H]1C[C@@H]1C(=O)OCc1nnc(-c2ccc(Cl)cc2)o1. The molecule has 5 nitrogen and oxygen atoms in total. The molecule has 1 fully saturated rings. The van der Waals surface area contributed by atoms with Gasteiger partial charge in [0, 0.05) is 10.6 Å². The van der Waals surface area contributed by atoms with Crippen molar-refractivity contribution in [2.45, 2.75) is 20.0 Å². The van der Waals surface area contributed by atoms with Crippen LogP contribution in [0.3, 0.4) is 0 Å². The molecule has 1 aliphatic rings. The number of benzene rings is 1. The fraction of sp³-hybridized carbons (Fsp3) is 0.357. The van der Waals surface area contributed by atoms with Gasteiger partial charge < -0.3 is 9.15 Å². The summed E-state index contributed by atoms with van der Waals surface area (Å²) in [4.78, 5) is 11.6. The summed E-state index contributed by atoms with van der Waals surface area (Å²) in [5, 5.41) is 8.42. The lowest BCUT2D eigenvalue weighted by molar-refractivity contribution is -0.147. The topological polar surface area (TPSA) is 65.2 Å². The maximum absolute atomic E-state index is 11.6. The van der Waals surface area contributed by atoms with Gasteiger partial charge in [-0.25, -0.2) is 0 Å². The van der Waals surface area contributed by atoms with Crippen molar-refractivity contribution in [2.24, 2.45) is 11.8 Å². The van der Waals surface area contributed by atoms with Gasteiger partial charge in [-0.05, 0) is 36.6 Å². The number of rotatable bonds is 4. The highest BCUT2D eigenvalue weighted by molar-refractivity contribution is 6.30. The van der Waals surface area contributed by atoms with Gasteiger partial charge in [-0.3, -0.25) is 4.79 Å². The van der Waals surface area contributed by atoms with Crippen LogP contribution in [0.1, 0.15) is 19.2 Å². The maximum atomic E-state index is 11.6. The zero-order valence-corrected chi connectivity index (χ0v) is 11.6. The van der Waals surface area contributed by atoms with Gasteiger partial charge >= 0.3 is 5.97 Å². The van der Waals surface area contributed by atoms with Gasteiger partial charge in [-0.2, -0.15) is 0 Å². The van der Waals surface area contributed by atoms with Gasteiger partial charge in [0.05, 0.1) is 5.92 Å². The van der Waals surface area contributed by atoms with E-state index in [0.717, 1.165) is 12.0 Å². The minimum absolute atomic E-state index is 0.0165. The summed E-state index contributed by atoms with van der Waals surface area (Å²) in [5.41, 5.74) is 0.773. The molecule has 0 amide bonds. The molecule has 0 spiro atoms. The molecule has 2 aromatic rings. The van der Waals surface area contributed by atoms with E-state index in [9.17, 15) is 4.79 Å². The molecule has 1 aliphatic carbocycles. The molecule has 6 heteroatoms. The van der Waals surface area contributed by atoms with Crippen molar-refractivity contribution >= 4 is 17.6 Å². The summed E-state index contributed by atoms with van der Waals surface area (Å²) in [6, 6.07) is 7.07. The highest BCUT2D eigenvalue weighted by Crippen LogP contribution is 2.38. The molecule has 2 atom stereocenters. The van der Waals surface area contributed by atoms with Crippen LogP contribution in [-0.2, 0) is 16.1 Å². The first kappa shape index (κ1) is 13.1. The quantitative estimate of drug-likeness (QED) is 0.810. The van der Waals surface area contributed by atoms with Crippen molar-refractivity contribution in [2.75, 3.05) is 0 Å². The van der Waals surface area contributed by atoms with Crippen LogP contribution in [0.4, 0.5) is 0 Å². The first-order valence-electron chi connectivity index (χ1n) is 6.38. The van der Waals surface area contributed by atoms with Crippen molar-refractivity contribution in [1.82, 2.24) is 10.2 Å². The third kappa shape index (κ3) is 2.82. The van der Waals surface area contributed by atoms with Crippen molar-refractivity contribution < 1.29 is 13.9 Å². The Labute approximate surface area is 120 Å². The lowest BCUT2D eigenvalue weighted by Gasteiger charge is -1.99. The third-order valence-electron chi connectivity index (χ3n) is 3.31. The minimum atomic E-state index is -0.191. The van der Waals surface area contributed by atoms with Crippen molar-refractivity contribution in [3.05, 3.63) is 35.2 Å². The van der Waals surface area contributed by atoms with Crippen LogP contribution < -0.4 is 0 Å². The van der Waals surface area contributed by atoms with Crippen LogP contribution in [0.5, 0.6) is 0 Å². The molecular formula is C14H13ClN2O3. The van der Waals surface area contributed by atoms with Gasteiger partial charge in [0.15, 0.2) is 6.61 Å². The van der Waals surface area contributed by atoms with E-state index in [1.165, 1.54) is 0 Å². The number of hydrogen-bond acceptors (Lipinski definition) is 5. The molecule has 0 radical (unpaired) electrons. The lowest BCUT2D eigenvalue weighted by Crippen LogP contribution is -2.07. The number of carbonyl (C=O) groups is 1. The Balaban J connectivity index is 1.62. The molecule has 0 bridgehead atoms. The standard InChI is InChI=1S/C14H13ClN2O3/c1-8-6-11(8)14(18)19-7-12-16-17-13(20-12)9-2-4-10(15)5-3-9/h2-5,8,11H,6-7H2,1H3/t8-,11-/m0/s1. The number of carbonyl (C=O) groups excluding carboxylic acids is 1. The molecule has 1 heterocycles. The Hall–Kier alpha value is -1.88. The first-order valence-corrected chi connectivity index (χ1v) is 6.76. The van der Waals surface area contributed by atoms with Crippen LogP contribution in [0.25, 0.3) is 11.5 Å². The molecular weight excluding hydrogens is 280 g/mol. The number of aromatic nitrogens is 2. The Morgan fingerprint density at radius 1 is 1.40 bits per heavy atom. The van der Waals surface area contributed by atoms with E-state index < -0.39 is 0 Å². The molecule has 0 unspecified atom stereocenters. The second kappa shape index (κ2) is 5.25. The number of nitrogens with zero attached hydrogens (tertiary/aromatic N) is 2.